The van der Waals surface area contributed by atoms with E-state index in [-0.39, 0.29) is 23.4 Å². The summed E-state index contributed by atoms with van der Waals surface area (Å²) in [5.41, 5.74) is 0.435. The molecule has 2 amide bonds. The molecule has 0 saturated carbocycles. The van der Waals surface area contributed by atoms with Crippen molar-refractivity contribution >= 4 is 73.7 Å². The molecule has 4 rings (SSSR count). The lowest BCUT2D eigenvalue weighted by atomic mass is 10.2. The quantitative estimate of drug-likeness (QED) is 0.522. The van der Waals surface area contributed by atoms with Crippen molar-refractivity contribution in [2.45, 2.75) is 0 Å². The highest BCUT2D eigenvalue weighted by atomic mass is 35.5. The number of piperazine rings is 1. The van der Waals surface area contributed by atoms with Crippen molar-refractivity contribution in [1.82, 2.24) is 9.80 Å². The molecule has 1 saturated heterocycles. The van der Waals surface area contributed by atoms with Gasteiger partial charge in [0.05, 0.1) is 16.6 Å². The normalized spacial score (nSPS) is 14.8. The van der Waals surface area contributed by atoms with Crippen molar-refractivity contribution in [3.63, 3.8) is 0 Å². The Balaban J connectivity index is 1.34. The lowest BCUT2D eigenvalue weighted by Crippen LogP contribution is -2.50. The minimum atomic E-state index is -0.540. The molecule has 0 aliphatic carbocycles. The summed E-state index contributed by atoms with van der Waals surface area (Å²) < 4.78 is 14.1. The van der Waals surface area contributed by atoms with E-state index in [0.29, 0.717) is 46.8 Å². The Bertz CT molecular complexity index is 1160. The van der Waals surface area contributed by atoms with Crippen LogP contribution < -0.4 is 5.32 Å². The van der Waals surface area contributed by atoms with Crippen LogP contribution in [0.1, 0.15) is 9.67 Å². The summed E-state index contributed by atoms with van der Waals surface area (Å²) in [6.07, 6.45) is 0. The Labute approximate surface area is 197 Å². The molecule has 1 fully saturated rings. The largest absolute Gasteiger partial charge is 0.335 e. The average Bonchev–Trinajstić information content (AvgIpc) is 3.06. The van der Waals surface area contributed by atoms with Gasteiger partial charge in [0.15, 0.2) is 0 Å². The maximum absolute atomic E-state index is 13.2. The van der Waals surface area contributed by atoms with E-state index < -0.39 is 5.82 Å². The second-order valence-electron chi connectivity index (χ2n) is 7.13. The summed E-state index contributed by atoms with van der Waals surface area (Å²) in [7, 11) is 0. The zero-order valence-electron chi connectivity index (χ0n) is 16.1. The third-order valence-electron chi connectivity index (χ3n) is 5.02. The smallest absolute Gasteiger partial charge is 0.265 e. The number of fused-ring (bicyclic) bond motifs is 1. The summed E-state index contributed by atoms with van der Waals surface area (Å²) in [4.78, 5) is 29.5. The van der Waals surface area contributed by atoms with E-state index in [2.05, 4.69) is 5.32 Å². The molecular formula is C21H17Cl3FN3O2S. The van der Waals surface area contributed by atoms with E-state index >= 15 is 0 Å². The van der Waals surface area contributed by atoms with Gasteiger partial charge in [0.1, 0.15) is 10.7 Å². The van der Waals surface area contributed by atoms with E-state index in [1.165, 1.54) is 29.5 Å². The van der Waals surface area contributed by atoms with Gasteiger partial charge in [0.2, 0.25) is 5.91 Å². The molecule has 1 aliphatic rings. The van der Waals surface area contributed by atoms with Crippen LogP contribution in [0.15, 0.2) is 36.4 Å². The van der Waals surface area contributed by atoms with Gasteiger partial charge in [0.25, 0.3) is 5.91 Å². The Morgan fingerprint density at radius 3 is 2.48 bits per heavy atom. The van der Waals surface area contributed by atoms with Crippen LogP contribution in [-0.4, -0.2) is 54.3 Å². The lowest BCUT2D eigenvalue weighted by Gasteiger charge is -2.34. The summed E-state index contributed by atoms with van der Waals surface area (Å²) in [6, 6.07) is 9.40. The summed E-state index contributed by atoms with van der Waals surface area (Å²) in [5, 5.41) is 4.51. The summed E-state index contributed by atoms with van der Waals surface area (Å²) >= 11 is 19.6. The zero-order valence-corrected chi connectivity index (χ0v) is 19.2. The van der Waals surface area contributed by atoms with Crippen molar-refractivity contribution in [3.05, 3.63) is 62.2 Å². The lowest BCUT2D eigenvalue weighted by molar-refractivity contribution is -0.117. The highest BCUT2D eigenvalue weighted by Gasteiger charge is 2.27. The molecule has 162 valence electrons. The summed E-state index contributed by atoms with van der Waals surface area (Å²) in [5.74, 6) is -0.887. The number of halogens is 4. The van der Waals surface area contributed by atoms with Crippen LogP contribution in [0.4, 0.5) is 10.1 Å². The van der Waals surface area contributed by atoms with Gasteiger partial charge in [-0.1, -0.05) is 40.9 Å². The van der Waals surface area contributed by atoms with Gasteiger partial charge in [0, 0.05) is 47.0 Å². The first-order valence-electron chi connectivity index (χ1n) is 9.46. The van der Waals surface area contributed by atoms with Gasteiger partial charge in [-0.25, -0.2) is 4.39 Å². The number of rotatable bonds is 4. The van der Waals surface area contributed by atoms with Crippen LogP contribution in [0, 0.1) is 5.82 Å². The monoisotopic (exact) mass is 499 g/mol. The van der Waals surface area contributed by atoms with E-state index in [1.807, 2.05) is 11.0 Å². The molecule has 5 nitrogen and oxygen atoms in total. The van der Waals surface area contributed by atoms with Crippen molar-refractivity contribution in [2.75, 3.05) is 38.0 Å². The molecule has 10 heteroatoms. The maximum atomic E-state index is 13.2. The number of anilines is 1. The Kier molecular flexibility index (Phi) is 6.69. The molecule has 0 spiro atoms. The highest BCUT2D eigenvalue weighted by Crippen LogP contribution is 2.37. The first-order valence-corrected chi connectivity index (χ1v) is 11.4. The Morgan fingerprint density at radius 1 is 1.03 bits per heavy atom. The molecule has 0 bridgehead atoms. The molecule has 31 heavy (non-hydrogen) atoms. The summed E-state index contributed by atoms with van der Waals surface area (Å²) in [6.45, 7) is 2.24. The number of hydrogen-bond donors (Lipinski definition) is 1. The van der Waals surface area contributed by atoms with Crippen LogP contribution in [-0.2, 0) is 4.79 Å². The number of nitrogens with zero attached hydrogens (tertiary/aromatic N) is 2. The molecule has 2 aromatic carbocycles. The third kappa shape index (κ3) is 4.96. The molecular weight excluding hydrogens is 484 g/mol. The van der Waals surface area contributed by atoms with Crippen LogP contribution in [0.2, 0.25) is 15.1 Å². The number of benzene rings is 2. The fourth-order valence-corrected chi connectivity index (χ4v) is 5.34. The van der Waals surface area contributed by atoms with E-state index in [4.69, 9.17) is 34.8 Å². The van der Waals surface area contributed by atoms with Gasteiger partial charge in [-0.2, -0.15) is 0 Å². The zero-order chi connectivity index (χ0) is 22.1. The van der Waals surface area contributed by atoms with Crippen LogP contribution in [0.3, 0.4) is 0 Å². The van der Waals surface area contributed by atoms with Crippen molar-refractivity contribution in [3.8, 4) is 0 Å². The number of amides is 2. The SMILES string of the molecule is O=C(CN1CCN(C(=O)c2sc3cc(Cl)ccc3c2Cl)CC1)Nc1ccc(F)c(Cl)c1. The predicted octanol–water partition coefficient (Wildman–Crippen LogP) is 5.40. The first kappa shape index (κ1) is 22.3. The van der Waals surface area contributed by atoms with Crippen molar-refractivity contribution in [1.29, 1.82) is 0 Å². The van der Waals surface area contributed by atoms with Crippen LogP contribution in [0.25, 0.3) is 10.1 Å². The van der Waals surface area contributed by atoms with Gasteiger partial charge >= 0.3 is 0 Å². The Hall–Kier alpha value is -1.90. The number of carbonyl (C=O) groups excluding carboxylic acids is 2. The topological polar surface area (TPSA) is 52.7 Å². The molecule has 1 aliphatic heterocycles. The Morgan fingerprint density at radius 2 is 1.77 bits per heavy atom. The number of hydrogen-bond acceptors (Lipinski definition) is 4. The van der Waals surface area contributed by atoms with Gasteiger partial charge in [-0.05, 0) is 30.3 Å². The van der Waals surface area contributed by atoms with Crippen molar-refractivity contribution in [2.24, 2.45) is 0 Å². The second-order valence-corrected chi connectivity index (χ2v) is 9.40. The van der Waals surface area contributed by atoms with Crippen molar-refractivity contribution < 1.29 is 14.0 Å². The standard InChI is InChI=1S/C21H17Cl3FN3O2S/c22-12-1-3-14-17(9-12)31-20(19(14)24)21(30)28-7-5-27(6-8-28)11-18(29)26-13-2-4-16(25)15(23)10-13/h1-4,9-10H,5-8,11H2,(H,26,29). The molecule has 3 aromatic rings. The molecule has 1 N–H and O–H groups in total. The van der Waals surface area contributed by atoms with E-state index in [9.17, 15) is 14.0 Å². The minimum absolute atomic E-state index is 0.0490. The van der Waals surface area contributed by atoms with Gasteiger partial charge < -0.3 is 10.2 Å². The predicted molar refractivity (Wildman–Crippen MR) is 124 cm³/mol. The fourth-order valence-electron chi connectivity index (χ4n) is 3.41. The minimum Gasteiger partial charge on any atom is -0.335 e. The number of thiophene rings is 1. The fraction of sp³-hybridized carbons (Fsp3) is 0.238. The van der Waals surface area contributed by atoms with Crippen LogP contribution >= 0.6 is 46.1 Å². The molecule has 2 heterocycles. The third-order valence-corrected chi connectivity index (χ3v) is 7.19. The number of nitrogens with one attached hydrogen (secondary N) is 1. The molecule has 0 atom stereocenters. The van der Waals surface area contributed by atoms with E-state index in [0.717, 1.165) is 10.1 Å². The van der Waals surface area contributed by atoms with Gasteiger partial charge in [-0.3, -0.25) is 14.5 Å². The maximum Gasteiger partial charge on any atom is 0.265 e. The molecule has 0 radical (unpaired) electrons. The van der Waals surface area contributed by atoms with Crippen LogP contribution in [0.5, 0.6) is 0 Å². The van der Waals surface area contributed by atoms with E-state index in [1.54, 1.807) is 17.0 Å². The molecule has 0 unspecified atom stereocenters. The average molecular weight is 501 g/mol. The number of carbonyl (C=O) groups is 2. The van der Waals surface area contributed by atoms with Gasteiger partial charge in [-0.15, -0.1) is 11.3 Å². The highest BCUT2D eigenvalue weighted by molar-refractivity contribution is 7.21. The second kappa shape index (κ2) is 9.30. The first-order chi connectivity index (χ1) is 14.8. The molecule has 1 aromatic heterocycles.